The van der Waals surface area contributed by atoms with Gasteiger partial charge in [-0.25, -0.2) is 17.9 Å². The van der Waals surface area contributed by atoms with E-state index < -0.39 is 64.1 Å². The van der Waals surface area contributed by atoms with Crippen molar-refractivity contribution in [3.05, 3.63) is 29.8 Å². The molecule has 2 saturated heterocycles. The number of amides is 1. The first kappa shape index (κ1) is 31.2. The smallest absolute Gasteiger partial charge is 0.326 e. The molecule has 2 aliphatic heterocycles. The van der Waals surface area contributed by atoms with Crippen LogP contribution in [-0.4, -0.2) is 91.8 Å². The molecular weight excluding hydrogens is 550 g/mol. The Hall–Kier alpha value is -3.31. The first-order valence-corrected chi connectivity index (χ1v) is 14.0. The van der Waals surface area contributed by atoms with Crippen LogP contribution < -0.4 is 21.5 Å². The number of hydrogen-bond donors (Lipinski definition) is 6. The zero-order valence-corrected chi connectivity index (χ0v) is 22.9. The van der Waals surface area contributed by atoms with Crippen molar-refractivity contribution in [2.24, 2.45) is 16.5 Å². The molecule has 0 aliphatic carbocycles. The fraction of sp³-hybridized carbons (Fsp3) is 0.583. The summed E-state index contributed by atoms with van der Waals surface area (Å²) < 4.78 is 45.9. The van der Waals surface area contributed by atoms with Crippen LogP contribution in [0, 0.1) is 0 Å². The van der Waals surface area contributed by atoms with E-state index in [-0.39, 0.29) is 43.2 Å². The molecule has 0 radical (unpaired) electrons. The molecule has 3 rings (SSSR count). The highest BCUT2D eigenvalue weighted by atomic mass is 32.2. The van der Waals surface area contributed by atoms with E-state index in [1.54, 1.807) is 13.8 Å². The molecule has 0 saturated carbocycles. The largest absolute Gasteiger partial charge is 0.481 e. The Balaban J connectivity index is 1.62. The van der Waals surface area contributed by atoms with Crippen LogP contribution >= 0.6 is 0 Å². The number of aliphatic carboxylic acids is 2. The van der Waals surface area contributed by atoms with Gasteiger partial charge in [-0.3, -0.25) is 14.6 Å². The van der Waals surface area contributed by atoms with E-state index in [4.69, 9.17) is 30.8 Å². The van der Waals surface area contributed by atoms with Gasteiger partial charge >= 0.3 is 11.9 Å². The third-order valence-electron chi connectivity index (χ3n) is 6.27. The molecule has 0 unspecified atom stereocenters. The molecule has 0 spiro atoms. The molecule has 2 fully saturated rings. The van der Waals surface area contributed by atoms with Crippen LogP contribution in [0.4, 0.5) is 0 Å². The quantitative estimate of drug-likeness (QED) is 0.0865. The van der Waals surface area contributed by atoms with Crippen molar-refractivity contribution in [1.82, 2.24) is 10.0 Å². The Bertz CT molecular complexity index is 1220. The van der Waals surface area contributed by atoms with Crippen LogP contribution in [0.25, 0.3) is 0 Å². The van der Waals surface area contributed by atoms with Crippen LogP contribution in [0.5, 0.6) is 0 Å². The summed E-state index contributed by atoms with van der Waals surface area (Å²) in [4.78, 5) is 38.9. The normalized spacial score (nSPS) is 24.1. The Kier molecular flexibility index (Phi) is 10.1. The molecule has 16 heteroatoms. The van der Waals surface area contributed by atoms with Gasteiger partial charge in [-0.2, -0.15) is 0 Å². The number of carboxylic acids is 2. The molecule has 2 heterocycles. The van der Waals surface area contributed by atoms with E-state index >= 15 is 0 Å². The van der Waals surface area contributed by atoms with Crippen molar-refractivity contribution in [2.45, 2.75) is 80.7 Å². The van der Waals surface area contributed by atoms with E-state index in [2.05, 4.69) is 15.0 Å². The van der Waals surface area contributed by atoms with Crippen molar-refractivity contribution in [3.63, 3.8) is 0 Å². The number of carboxylic acid groups (broad SMARTS) is 2. The van der Waals surface area contributed by atoms with E-state index in [1.807, 2.05) is 0 Å². The van der Waals surface area contributed by atoms with Crippen molar-refractivity contribution in [2.75, 3.05) is 13.1 Å². The fourth-order valence-electron chi connectivity index (χ4n) is 4.53. The minimum absolute atomic E-state index is 0.0596. The van der Waals surface area contributed by atoms with Crippen LogP contribution in [0.3, 0.4) is 0 Å². The van der Waals surface area contributed by atoms with Crippen LogP contribution in [-0.2, 0) is 45.0 Å². The van der Waals surface area contributed by atoms with Gasteiger partial charge in [-0.15, -0.1) is 0 Å². The van der Waals surface area contributed by atoms with Gasteiger partial charge in [-0.1, -0.05) is 12.1 Å². The topological polar surface area (TPSA) is 242 Å². The van der Waals surface area contributed by atoms with Gasteiger partial charge in [-0.05, 0) is 44.4 Å². The number of benzene rings is 1. The first-order valence-electron chi connectivity index (χ1n) is 12.6. The monoisotopic (exact) mass is 585 g/mol. The Morgan fingerprint density at radius 3 is 2.27 bits per heavy atom. The summed E-state index contributed by atoms with van der Waals surface area (Å²) in [5, 5.41) is 20.8. The van der Waals surface area contributed by atoms with E-state index in [9.17, 15) is 27.9 Å². The second-order valence-electron chi connectivity index (χ2n) is 9.96. The molecule has 2 aliphatic rings. The van der Waals surface area contributed by atoms with Crippen molar-refractivity contribution in [1.29, 1.82) is 0 Å². The Morgan fingerprint density at radius 2 is 1.70 bits per heavy atom. The molecule has 5 atom stereocenters. The molecule has 0 bridgehead atoms. The molecule has 0 aromatic heterocycles. The summed E-state index contributed by atoms with van der Waals surface area (Å²) in [6.45, 7) is 3.38. The summed E-state index contributed by atoms with van der Waals surface area (Å²) in [6, 6.07) is 4.28. The molecule has 1 amide bonds. The lowest BCUT2D eigenvalue weighted by atomic mass is 10.0. The van der Waals surface area contributed by atoms with Gasteiger partial charge in [0.15, 0.2) is 11.7 Å². The van der Waals surface area contributed by atoms with Gasteiger partial charge in [0.1, 0.15) is 24.4 Å². The van der Waals surface area contributed by atoms with Gasteiger partial charge in [0, 0.05) is 13.1 Å². The minimum atomic E-state index is -3.98. The zero-order valence-electron chi connectivity index (χ0n) is 22.1. The summed E-state index contributed by atoms with van der Waals surface area (Å²) >= 11 is 0. The van der Waals surface area contributed by atoms with Crippen LogP contribution in [0.1, 0.15) is 38.7 Å². The number of ether oxygens (including phenoxy) is 3. The van der Waals surface area contributed by atoms with Gasteiger partial charge in [0.2, 0.25) is 15.9 Å². The standard InChI is InChI=1S/C24H35N5O10S/c1-24(2)38-20-16(11-18(30)29-15(22(33)34)4-3-9-27-23(25)26)37-17(21(20)39-24)12-28-40(35,36)14-7-5-13(6-8-14)10-19(31)32/h5-8,15-17,20-21,28H,3-4,9-12H2,1-2H3,(H,29,30)(H,31,32)(H,33,34)(H4,25,26,27)/t15-,16+,17+,20-,21+/m0/s1. The zero-order chi connectivity index (χ0) is 29.7. The average molecular weight is 586 g/mol. The third kappa shape index (κ3) is 8.59. The lowest BCUT2D eigenvalue weighted by Gasteiger charge is -2.24. The number of rotatable bonds is 14. The number of aliphatic imine (C=N–C) groups is 1. The van der Waals surface area contributed by atoms with E-state index in [1.165, 1.54) is 24.3 Å². The maximum absolute atomic E-state index is 12.8. The maximum atomic E-state index is 12.8. The second-order valence-corrected chi connectivity index (χ2v) is 11.7. The number of sulfonamides is 1. The average Bonchev–Trinajstić information content (AvgIpc) is 3.32. The van der Waals surface area contributed by atoms with Crippen LogP contribution in [0.15, 0.2) is 34.2 Å². The summed E-state index contributed by atoms with van der Waals surface area (Å²) in [5.74, 6) is -3.97. The molecule has 15 nitrogen and oxygen atoms in total. The SMILES string of the molecule is CC1(C)O[C@@H]2[C@H](O1)[C@@H](CNS(=O)(=O)c1ccc(CC(=O)O)cc1)O[C@@H]2CC(=O)N[C@@H](CCCN=C(N)N)C(=O)O. The molecule has 1 aromatic carbocycles. The Morgan fingerprint density at radius 1 is 1.07 bits per heavy atom. The molecule has 8 N–H and O–H groups in total. The van der Waals surface area contributed by atoms with Gasteiger partial charge in [0.25, 0.3) is 0 Å². The fourth-order valence-corrected chi connectivity index (χ4v) is 5.58. The number of nitrogens with two attached hydrogens (primary N) is 2. The predicted molar refractivity (Wildman–Crippen MR) is 140 cm³/mol. The highest BCUT2D eigenvalue weighted by Gasteiger charge is 2.55. The number of nitrogens with one attached hydrogen (secondary N) is 2. The highest BCUT2D eigenvalue weighted by Crippen LogP contribution is 2.39. The maximum Gasteiger partial charge on any atom is 0.326 e. The molecular formula is C24H35N5O10S. The molecule has 40 heavy (non-hydrogen) atoms. The van der Waals surface area contributed by atoms with Crippen molar-refractivity contribution in [3.8, 4) is 0 Å². The van der Waals surface area contributed by atoms with E-state index in [0.29, 0.717) is 12.0 Å². The van der Waals surface area contributed by atoms with Crippen molar-refractivity contribution < 1.29 is 47.2 Å². The summed E-state index contributed by atoms with van der Waals surface area (Å²) in [5.41, 5.74) is 11.0. The third-order valence-corrected chi connectivity index (χ3v) is 7.71. The van der Waals surface area contributed by atoms with Gasteiger partial charge < -0.3 is 41.2 Å². The first-order chi connectivity index (χ1) is 18.7. The molecule has 222 valence electrons. The summed E-state index contributed by atoms with van der Waals surface area (Å²) in [6.07, 6.45) is -3.07. The number of guanidine groups is 1. The Labute approximate surface area is 231 Å². The lowest BCUT2D eigenvalue weighted by Crippen LogP contribution is -2.43. The molecule has 1 aromatic rings. The van der Waals surface area contributed by atoms with E-state index in [0.717, 1.165) is 0 Å². The number of nitrogens with zero attached hydrogens (tertiary/aromatic N) is 1. The number of fused-ring (bicyclic) bond motifs is 1. The second kappa shape index (κ2) is 12.9. The highest BCUT2D eigenvalue weighted by molar-refractivity contribution is 7.89. The number of carbonyl (C=O) groups excluding carboxylic acids is 1. The predicted octanol–water partition coefficient (Wildman–Crippen LogP) is -1.11. The number of hydrogen-bond acceptors (Lipinski definition) is 9. The van der Waals surface area contributed by atoms with Crippen LogP contribution in [0.2, 0.25) is 0 Å². The lowest BCUT2D eigenvalue weighted by molar-refractivity contribution is -0.187. The summed E-state index contributed by atoms with van der Waals surface area (Å²) in [7, 11) is -3.98. The van der Waals surface area contributed by atoms with Gasteiger partial charge in [0.05, 0.1) is 23.8 Å². The minimum Gasteiger partial charge on any atom is -0.481 e. The van der Waals surface area contributed by atoms with Crippen molar-refractivity contribution >= 4 is 33.8 Å². The number of carbonyl (C=O) groups is 3.